The predicted molar refractivity (Wildman–Crippen MR) is 132 cm³/mol. The van der Waals surface area contributed by atoms with E-state index in [9.17, 15) is 0 Å². The molecule has 3 aromatic rings. The highest BCUT2D eigenvalue weighted by atomic mass is 15.1. The number of benzene rings is 3. The largest absolute Gasteiger partial charge is 0.295 e. The molecule has 3 aromatic carbocycles. The maximum atomic E-state index is 3.90. The van der Waals surface area contributed by atoms with E-state index in [0.29, 0.717) is 6.04 Å². The van der Waals surface area contributed by atoms with Crippen molar-refractivity contribution in [1.29, 1.82) is 0 Å². The van der Waals surface area contributed by atoms with Crippen LogP contribution in [0.25, 0.3) is 16.3 Å². The number of fused-ring (bicyclic) bond motifs is 1. The zero-order valence-electron chi connectivity index (χ0n) is 18.9. The molecule has 1 nitrogen and oxygen atoms in total. The number of hydrogen-bond donors (Lipinski definition) is 0. The Morgan fingerprint density at radius 1 is 0.933 bits per heavy atom. The van der Waals surface area contributed by atoms with Crippen LogP contribution in [-0.4, -0.2) is 11.9 Å². The third-order valence-electron chi connectivity index (χ3n) is 6.11. The molecular weight excluding hydrogens is 362 g/mol. The van der Waals surface area contributed by atoms with Crippen molar-refractivity contribution in [3.63, 3.8) is 0 Å². The minimum absolute atomic E-state index is 0.346. The quantitative estimate of drug-likeness (QED) is 0.367. The van der Waals surface area contributed by atoms with E-state index in [-0.39, 0.29) is 0 Å². The molecule has 1 atom stereocenters. The summed E-state index contributed by atoms with van der Waals surface area (Å²) in [5.74, 6) is 0. The fourth-order valence-electron chi connectivity index (χ4n) is 3.99. The molecule has 0 N–H and O–H groups in total. The third kappa shape index (κ3) is 4.80. The second-order valence-corrected chi connectivity index (χ2v) is 8.22. The second-order valence-electron chi connectivity index (χ2n) is 8.22. The van der Waals surface area contributed by atoms with Crippen molar-refractivity contribution in [2.75, 3.05) is 7.05 Å². The van der Waals surface area contributed by atoms with Crippen molar-refractivity contribution < 1.29 is 0 Å². The smallest absolute Gasteiger partial charge is 0.0320 e. The first-order chi connectivity index (χ1) is 14.4. The van der Waals surface area contributed by atoms with E-state index >= 15 is 0 Å². The molecule has 0 aliphatic carbocycles. The van der Waals surface area contributed by atoms with Gasteiger partial charge in [-0.25, -0.2) is 0 Å². The van der Waals surface area contributed by atoms with Gasteiger partial charge < -0.3 is 0 Å². The Kier molecular flexibility index (Phi) is 7.07. The molecule has 0 bridgehead atoms. The molecule has 0 fully saturated rings. The summed E-state index contributed by atoms with van der Waals surface area (Å²) in [6.07, 6.45) is 4.14. The summed E-state index contributed by atoms with van der Waals surface area (Å²) in [6, 6.07) is 24.3. The molecule has 3 rings (SSSR count). The maximum absolute atomic E-state index is 3.90. The van der Waals surface area contributed by atoms with Crippen LogP contribution >= 0.6 is 0 Å². The van der Waals surface area contributed by atoms with E-state index in [0.717, 1.165) is 6.54 Å². The summed E-state index contributed by atoms with van der Waals surface area (Å²) in [4.78, 5) is 2.43. The van der Waals surface area contributed by atoms with Crippen molar-refractivity contribution in [1.82, 2.24) is 4.90 Å². The molecule has 0 aliphatic heterocycles. The van der Waals surface area contributed by atoms with Crippen LogP contribution in [0.2, 0.25) is 0 Å². The summed E-state index contributed by atoms with van der Waals surface area (Å²) in [7, 11) is 2.21. The normalized spacial score (nSPS) is 14.0. The summed E-state index contributed by atoms with van der Waals surface area (Å²) in [5, 5.41) is 2.60. The van der Waals surface area contributed by atoms with E-state index in [2.05, 4.69) is 119 Å². The summed E-state index contributed by atoms with van der Waals surface area (Å²) < 4.78 is 0. The van der Waals surface area contributed by atoms with Crippen LogP contribution in [0.1, 0.15) is 50.4 Å². The topological polar surface area (TPSA) is 3.24 Å². The molecular formula is C29H33N. The number of hydrogen-bond acceptors (Lipinski definition) is 1. The number of nitrogens with zero attached hydrogens (tertiary/aromatic N) is 1. The fourth-order valence-corrected chi connectivity index (χ4v) is 3.99. The van der Waals surface area contributed by atoms with Crippen molar-refractivity contribution in [3.05, 3.63) is 113 Å². The number of rotatable bonds is 7. The summed E-state index contributed by atoms with van der Waals surface area (Å²) >= 11 is 0. The minimum Gasteiger partial charge on any atom is -0.295 e. The zero-order valence-corrected chi connectivity index (χ0v) is 18.9. The van der Waals surface area contributed by atoms with Gasteiger partial charge in [0.15, 0.2) is 0 Å². The molecule has 154 valence electrons. The lowest BCUT2D eigenvalue weighted by atomic mass is 9.90. The van der Waals surface area contributed by atoms with Crippen LogP contribution < -0.4 is 0 Å². The molecule has 1 heteroatoms. The van der Waals surface area contributed by atoms with E-state index < -0.39 is 0 Å². The third-order valence-corrected chi connectivity index (χ3v) is 6.11. The van der Waals surface area contributed by atoms with Gasteiger partial charge in [0.05, 0.1) is 0 Å². The van der Waals surface area contributed by atoms with Crippen LogP contribution in [0.15, 0.2) is 96.6 Å². The highest BCUT2D eigenvalue weighted by Crippen LogP contribution is 2.33. The van der Waals surface area contributed by atoms with Crippen molar-refractivity contribution >= 4 is 16.3 Å². The van der Waals surface area contributed by atoms with E-state index in [1.807, 2.05) is 6.08 Å². The second kappa shape index (κ2) is 9.73. The molecule has 30 heavy (non-hydrogen) atoms. The first-order valence-electron chi connectivity index (χ1n) is 10.7. The fraction of sp³-hybridized carbons (Fsp3) is 0.241. The van der Waals surface area contributed by atoms with Crippen molar-refractivity contribution in [2.24, 2.45) is 0 Å². The summed E-state index contributed by atoms with van der Waals surface area (Å²) in [6.45, 7) is 13.6. The Labute approximate surface area is 182 Å². The van der Waals surface area contributed by atoms with Gasteiger partial charge in [-0.1, -0.05) is 91.0 Å². The minimum atomic E-state index is 0.346. The average molecular weight is 396 g/mol. The zero-order chi connectivity index (χ0) is 21.7. The van der Waals surface area contributed by atoms with Crippen LogP contribution in [0.4, 0.5) is 0 Å². The molecule has 0 saturated carbocycles. The number of allylic oxidation sites excluding steroid dienone is 5. The van der Waals surface area contributed by atoms with Gasteiger partial charge >= 0.3 is 0 Å². The van der Waals surface area contributed by atoms with Gasteiger partial charge in [0, 0.05) is 12.6 Å². The predicted octanol–water partition coefficient (Wildman–Crippen LogP) is 7.96. The van der Waals surface area contributed by atoms with Gasteiger partial charge in [-0.2, -0.15) is 0 Å². The Morgan fingerprint density at radius 3 is 2.30 bits per heavy atom. The van der Waals surface area contributed by atoms with E-state index in [1.54, 1.807) is 0 Å². The first-order valence-corrected chi connectivity index (χ1v) is 10.7. The van der Waals surface area contributed by atoms with Gasteiger partial charge in [0.1, 0.15) is 0 Å². The van der Waals surface area contributed by atoms with E-state index in [1.165, 1.54) is 44.2 Å². The molecule has 0 radical (unpaired) electrons. The van der Waals surface area contributed by atoms with Gasteiger partial charge in [0.25, 0.3) is 0 Å². The molecule has 0 heterocycles. The monoisotopic (exact) mass is 395 g/mol. The highest BCUT2D eigenvalue weighted by Gasteiger charge is 2.16. The van der Waals surface area contributed by atoms with Crippen LogP contribution in [-0.2, 0) is 6.54 Å². The lowest BCUT2D eigenvalue weighted by Crippen LogP contribution is -2.22. The lowest BCUT2D eigenvalue weighted by Gasteiger charge is -2.27. The van der Waals surface area contributed by atoms with Gasteiger partial charge in [0.2, 0.25) is 0 Å². The van der Waals surface area contributed by atoms with Gasteiger partial charge in [-0.05, 0) is 73.4 Å². The Balaban J connectivity index is 2.08. The standard InChI is InChI=1S/C29H33N/c1-7-21(2)19-22(3)23(4)29-27(18-17-26-15-11-12-16-28(26)29)20-30(6)24(5)25-13-9-8-10-14-25/h7-19,24H,1,20H2,2-6H3/b21-19-,23-22+. The van der Waals surface area contributed by atoms with Gasteiger partial charge in [-0.3, -0.25) is 4.90 Å². The van der Waals surface area contributed by atoms with Crippen LogP contribution in [0, 0.1) is 0 Å². The summed E-state index contributed by atoms with van der Waals surface area (Å²) in [5.41, 5.74) is 7.85. The van der Waals surface area contributed by atoms with Crippen molar-refractivity contribution in [3.8, 4) is 0 Å². The van der Waals surface area contributed by atoms with Crippen molar-refractivity contribution in [2.45, 2.75) is 40.3 Å². The molecule has 0 saturated heterocycles. The Bertz CT molecular complexity index is 1090. The average Bonchev–Trinajstić information content (AvgIpc) is 2.78. The Morgan fingerprint density at radius 2 is 1.60 bits per heavy atom. The Hall–Kier alpha value is -2.90. The lowest BCUT2D eigenvalue weighted by molar-refractivity contribution is 0.253. The maximum Gasteiger partial charge on any atom is 0.0320 e. The van der Waals surface area contributed by atoms with Crippen LogP contribution in [0.5, 0.6) is 0 Å². The SMILES string of the molecule is C=C/C(C)=C\C(C)=C(/C)c1c(CN(C)C(C)c2ccccc2)ccc2ccccc12. The molecule has 0 aromatic heterocycles. The molecule has 0 aliphatic rings. The van der Waals surface area contributed by atoms with Crippen LogP contribution in [0.3, 0.4) is 0 Å². The highest BCUT2D eigenvalue weighted by molar-refractivity contribution is 5.95. The molecule has 1 unspecified atom stereocenters. The molecule has 0 amide bonds. The first kappa shape index (κ1) is 21.8. The molecule has 0 spiro atoms. The van der Waals surface area contributed by atoms with Gasteiger partial charge in [-0.15, -0.1) is 0 Å². The van der Waals surface area contributed by atoms with E-state index in [4.69, 9.17) is 0 Å².